The van der Waals surface area contributed by atoms with Crippen molar-refractivity contribution in [2.45, 2.75) is 0 Å². The van der Waals surface area contributed by atoms with Crippen LogP contribution in [0.25, 0.3) is 0 Å². The lowest BCUT2D eigenvalue weighted by Gasteiger charge is -2.09. The number of ether oxygens (including phenoxy) is 1. The molecule has 0 saturated carbocycles. The van der Waals surface area contributed by atoms with Crippen molar-refractivity contribution in [2.24, 2.45) is 10.9 Å². The molecule has 2 rings (SSSR count). The molecule has 0 atom stereocenters. The Kier molecular flexibility index (Phi) is 4.24. The van der Waals surface area contributed by atoms with Crippen molar-refractivity contribution in [1.82, 2.24) is 4.98 Å². The van der Waals surface area contributed by atoms with E-state index in [2.05, 4.69) is 26.1 Å². The largest absolute Gasteiger partial charge is 0.437 e. The highest BCUT2D eigenvalue weighted by atomic mass is 79.9. The van der Waals surface area contributed by atoms with Crippen molar-refractivity contribution in [3.63, 3.8) is 0 Å². The van der Waals surface area contributed by atoms with Crippen LogP contribution in [0.5, 0.6) is 11.6 Å². The zero-order chi connectivity index (χ0) is 13.8. The van der Waals surface area contributed by atoms with E-state index in [-0.39, 0.29) is 16.7 Å². The summed E-state index contributed by atoms with van der Waals surface area (Å²) < 4.78 is 6.43. The van der Waals surface area contributed by atoms with Crippen LogP contribution in [0.2, 0.25) is 5.02 Å². The molecule has 1 aromatic heterocycles. The molecule has 19 heavy (non-hydrogen) atoms. The molecule has 5 nitrogen and oxygen atoms in total. The van der Waals surface area contributed by atoms with Crippen LogP contribution in [0.15, 0.2) is 46.2 Å². The maximum absolute atomic E-state index is 8.67. The maximum Gasteiger partial charge on any atom is 0.238 e. The monoisotopic (exact) mass is 341 g/mol. The minimum absolute atomic E-state index is 0.105. The van der Waals surface area contributed by atoms with Crippen LogP contribution in [0.3, 0.4) is 0 Å². The van der Waals surface area contributed by atoms with Crippen LogP contribution in [0, 0.1) is 0 Å². The minimum Gasteiger partial charge on any atom is -0.437 e. The third-order valence-electron chi connectivity index (χ3n) is 2.25. The number of benzene rings is 1. The fraction of sp³-hybridized carbons (Fsp3) is 0. The molecule has 0 aliphatic heterocycles. The molecule has 98 valence electrons. The number of nitrogens with zero attached hydrogens (tertiary/aromatic N) is 2. The third-order valence-corrected chi connectivity index (χ3v) is 3.11. The van der Waals surface area contributed by atoms with E-state index in [0.717, 1.165) is 4.47 Å². The second kappa shape index (κ2) is 5.90. The highest BCUT2D eigenvalue weighted by Crippen LogP contribution is 2.30. The lowest BCUT2D eigenvalue weighted by Crippen LogP contribution is -2.14. The molecule has 0 aliphatic carbocycles. The van der Waals surface area contributed by atoms with Gasteiger partial charge in [-0.2, -0.15) is 0 Å². The smallest absolute Gasteiger partial charge is 0.238 e. The Balaban J connectivity index is 2.36. The summed E-state index contributed by atoms with van der Waals surface area (Å²) in [7, 11) is 0. The Morgan fingerprint density at radius 2 is 2.21 bits per heavy atom. The van der Waals surface area contributed by atoms with E-state index in [1.807, 2.05) is 12.1 Å². The van der Waals surface area contributed by atoms with Crippen molar-refractivity contribution >= 4 is 33.4 Å². The van der Waals surface area contributed by atoms with Gasteiger partial charge in [-0.25, -0.2) is 4.98 Å². The Labute approximate surface area is 122 Å². The second-order valence-corrected chi connectivity index (χ2v) is 4.82. The molecular weight excluding hydrogens is 334 g/mol. The van der Waals surface area contributed by atoms with E-state index in [4.69, 9.17) is 27.3 Å². The van der Waals surface area contributed by atoms with Gasteiger partial charge in [0, 0.05) is 16.2 Å². The summed E-state index contributed by atoms with van der Waals surface area (Å²) in [4.78, 5) is 4.02. The lowest BCUT2D eigenvalue weighted by molar-refractivity contribution is 0.318. The summed E-state index contributed by atoms with van der Waals surface area (Å²) in [6, 6.07) is 8.76. The average molecular weight is 343 g/mol. The number of aromatic nitrogens is 1. The van der Waals surface area contributed by atoms with Crippen molar-refractivity contribution in [2.75, 3.05) is 0 Å². The van der Waals surface area contributed by atoms with Crippen LogP contribution < -0.4 is 10.5 Å². The van der Waals surface area contributed by atoms with E-state index in [1.54, 1.807) is 12.1 Å². The normalized spacial score (nSPS) is 11.4. The highest BCUT2D eigenvalue weighted by molar-refractivity contribution is 9.10. The molecule has 2 aromatic rings. The number of hydrogen-bond acceptors (Lipinski definition) is 4. The minimum atomic E-state index is -0.105. The van der Waals surface area contributed by atoms with E-state index < -0.39 is 0 Å². The number of oxime groups is 1. The first kappa shape index (κ1) is 13.6. The summed E-state index contributed by atoms with van der Waals surface area (Å²) >= 11 is 9.44. The number of amidine groups is 1. The van der Waals surface area contributed by atoms with Gasteiger partial charge in [0.25, 0.3) is 0 Å². The van der Waals surface area contributed by atoms with Gasteiger partial charge in [-0.3, -0.25) is 0 Å². The molecule has 0 radical (unpaired) electrons. The van der Waals surface area contributed by atoms with Crippen LogP contribution in [0.1, 0.15) is 5.56 Å². The number of halogens is 2. The summed E-state index contributed by atoms with van der Waals surface area (Å²) in [5, 5.41) is 11.7. The van der Waals surface area contributed by atoms with Crippen molar-refractivity contribution in [3.05, 3.63) is 51.6 Å². The summed E-state index contributed by atoms with van der Waals surface area (Å²) in [6.07, 6.45) is 1.46. The number of pyridine rings is 1. The fourth-order valence-corrected chi connectivity index (χ4v) is 2.01. The number of rotatable bonds is 3. The van der Waals surface area contributed by atoms with Crippen molar-refractivity contribution in [3.8, 4) is 11.6 Å². The zero-order valence-electron chi connectivity index (χ0n) is 9.55. The predicted molar refractivity (Wildman–Crippen MR) is 76.0 cm³/mol. The predicted octanol–water partition coefficient (Wildman–Crippen LogP) is 3.38. The van der Waals surface area contributed by atoms with Crippen molar-refractivity contribution in [1.29, 1.82) is 0 Å². The lowest BCUT2D eigenvalue weighted by atomic mass is 10.2. The molecular formula is C12H9BrClN3O2. The summed E-state index contributed by atoms with van der Waals surface area (Å²) in [5.41, 5.74) is 5.86. The van der Waals surface area contributed by atoms with Gasteiger partial charge in [0.1, 0.15) is 10.8 Å². The van der Waals surface area contributed by atoms with Gasteiger partial charge < -0.3 is 15.7 Å². The molecule has 0 bridgehead atoms. The van der Waals surface area contributed by atoms with Gasteiger partial charge in [-0.15, -0.1) is 0 Å². The molecule has 3 N–H and O–H groups in total. The second-order valence-electron chi connectivity index (χ2n) is 3.52. The molecule has 0 unspecified atom stereocenters. The molecule has 0 amide bonds. The molecule has 1 aromatic carbocycles. The molecule has 0 saturated heterocycles. The molecule has 7 heteroatoms. The Morgan fingerprint density at radius 3 is 2.89 bits per heavy atom. The van der Waals surface area contributed by atoms with Gasteiger partial charge in [-0.1, -0.05) is 38.8 Å². The summed E-state index contributed by atoms with van der Waals surface area (Å²) in [5.74, 6) is 0.649. The van der Waals surface area contributed by atoms with E-state index in [9.17, 15) is 0 Å². The Bertz CT molecular complexity index is 634. The zero-order valence-corrected chi connectivity index (χ0v) is 11.9. The van der Waals surface area contributed by atoms with E-state index in [1.165, 1.54) is 12.3 Å². The topological polar surface area (TPSA) is 80.7 Å². The van der Waals surface area contributed by atoms with E-state index in [0.29, 0.717) is 11.3 Å². The van der Waals surface area contributed by atoms with Gasteiger partial charge in [-0.05, 0) is 24.3 Å². The van der Waals surface area contributed by atoms with Gasteiger partial charge in [0.2, 0.25) is 5.88 Å². The fourth-order valence-electron chi connectivity index (χ4n) is 1.39. The van der Waals surface area contributed by atoms with Gasteiger partial charge in [0.05, 0.1) is 0 Å². The SMILES string of the molecule is N/C(=N/O)c1ccnc(Oc2cccc(Br)c2)c1Cl. The Hall–Kier alpha value is -1.79. The van der Waals surface area contributed by atoms with Crippen LogP contribution >= 0.6 is 27.5 Å². The highest BCUT2D eigenvalue weighted by Gasteiger charge is 2.13. The van der Waals surface area contributed by atoms with E-state index >= 15 is 0 Å². The van der Waals surface area contributed by atoms with Gasteiger partial charge >= 0.3 is 0 Å². The molecule has 0 spiro atoms. The average Bonchev–Trinajstić information content (AvgIpc) is 2.40. The van der Waals surface area contributed by atoms with Crippen LogP contribution in [-0.2, 0) is 0 Å². The van der Waals surface area contributed by atoms with Crippen molar-refractivity contribution < 1.29 is 9.94 Å². The molecule has 1 heterocycles. The first-order chi connectivity index (χ1) is 9.11. The van der Waals surface area contributed by atoms with Gasteiger partial charge in [0.15, 0.2) is 5.84 Å². The maximum atomic E-state index is 8.67. The van der Waals surface area contributed by atoms with Crippen LogP contribution in [-0.4, -0.2) is 16.0 Å². The first-order valence-corrected chi connectivity index (χ1v) is 6.34. The number of nitrogens with two attached hydrogens (primary N) is 1. The van der Waals surface area contributed by atoms with Crippen LogP contribution in [0.4, 0.5) is 0 Å². The molecule has 0 fully saturated rings. The summed E-state index contributed by atoms with van der Waals surface area (Å²) in [6.45, 7) is 0. The Morgan fingerprint density at radius 1 is 1.42 bits per heavy atom. The quantitative estimate of drug-likeness (QED) is 0.388. The third kappa shape index (κ3) is 3.15. The standard InChI is InChI=1S/C12H9BrClN3O2/c13-7-2-1-3-8(6-7)19-12-10(14)9(4-5-16-12)11(15)17-18/h1-6,18H,(H2,15,17). The number of hydrogen-bond donors (Lipinski definition) is 2. The first-order valence-electron chi connectivity index (χ1n) is 5.17. The molecule has 0 aliphatic rings.